The number of hydrogen-bond acceptors (Lipinski definition) is 7. The summed E-state index contributed by atoms with van der Waals surface area (Å²) in [6.07, 6.45) is 2.22. The monoisotopic (exact) mass is 347 g/mol. The van der Waals surface area contributed by atoms with Crippen LogP contribution in [0.1, 0.15) is 11.3 Å². The van der Waals surface area contributed by atoms with Crippen LogP contribution in [0.2, 0.25) is 0 Å². The number of nitrogens with one attached hydrogen (secondary N) is 1. The highest BCUT2D eigenvalue weighted by Crippen LogP contribution is 2.21. The van der Waals surface area contributed by atoms with E-state index in [2.05, 4.69) is 10.5 Å². The molecule has 0 spiro atoms. The van der Waals surface area contributed by atoms with Crippen LogP contribution in [0.15, 0.2) is 45.5 Å². The van der Waals surface area contributed by atoms with Gasteiger partial charge < -0.3 is 14.9 Å². The van der Waals surface area contributed by atoms with Crippen molar-refractivity contribution in [3.63, 3.8) is 0 Å². The lowest BCUT2D eigenvalue weighted by molar-refractivity contribution is -0.112. The van der Waals surface area contributed by atoms with E-state index in [9.17, 15) is 18.3 Å². The summed E-state index contributed by atoms with van der Waals surface area (Å²) >= 11 is 0. The minimum atomic E-state index is -3.44. The smallest absolute Gasteiger partial charge is 0.270 e. The van der Waals surface area contributed by atoms with Crippen molar-refractivity contribution in [2.45, 2.75) is 11.8 Å². The van der Waals surface area contributed by atoms with Crippen molar-refractivity contribution >= 4 is 27.2 Å². The predicted molar refractivity (Wildman–Crippen MR) is 84.6 cm³/mol. The zero-order valence-corrected chi connectivity index (χ0v) is 13.6. The van der Waals surface area contributed by atoms with Crippen molar-refractivity contribution in [1.29, 1.82) is 5.26 Å². The van der Waals surface area contributed by atoms with Crippen molar-refractivity contribution < 1.29 is 22.8 Å². The topological polar surface area (TPSA) is 133 Å². The first-order valence-electron chi connectivity index (χ1n) is 6.60. The number of aliphatic hydroxyl groups excluding tert-OH is 1. The van der Waals surface area contributed by atoms with Crippen molar-refractivity contribution in [1.82, 2.24) is 5.16 Å². The highest BCUT2D eigenvalue weighted by atomic mass is 32.2. The lowest BCUT2D eigenvalue weighted by Gasteiger charge is -2.07. The molecule has 0 atom stereocenters. The largest absolute Gasteiger partial charge is 0.506 e. The molecule has 2 rings (SSSR count). The van der Waals surface area contributed by atoms with E-state index < -0.39 is 27.1 Å². The fourth-order valence-corrected chi connectivity index (χ4v) is 2.54. The van der Waals surface area contributed by atoms with Gasteiger partial charge >= 0.3 is 0 Å². The molecule has 0 aliphatic rings. The number of aromatic nitrogens is 1. The van der Waals surface area contributed by atoms with E-state index in [0.717, 1.165) is 6.26 Å². The maximum absolute atomic E-state index is 12.2. The first-order valence-corrected chi connectivity index (χ1v) is 8.49. The van der Waals surface area contributed by atoms with E-state index in [0.29, 0.717) is 0 Å². The number of sulfone groups is 1. The number of rotatable bonds is 4. The minimum Gasteiger partial charge on any atom is -0.506 e. The summed E-state index contributed by atoms with van der Waals surface area (Å²) in [4.78, 5) is 12.2. The molecule has 1 amide bonds. The van der Waals surface area contributed by atoms with Crippen LogP contribution in [-0.2, 0) is 14.6 Å². The van der Waals surface area contributed by atoms with Gasteiger partial charge in [-0.15, -0.1) is 0 Å². The summed E-state index contributed by atoms with van der Waals surface area (Å²) in [5.41, 5.74) is -0.261. The Hall–Kier alpha value is -3.12. The van der Waals surface area contributed by atoms with Gasteiger partial charge in [0.2, 0.25) is 0 Å². The van der Waals surface area contributed by atoms with E-state index in [1.54, 1.807) is 6.07 Å². The molecule has 0 aliphatic carbocycles. The summed E-state index contributed by atoms with van der Waals surface area (Å²) in [5.74, 6) is -1.22. The predicted octanol–water partition coefficient (Wildman–Crippen LogP) is 1.82. The maximum Gasteiger partial charge on any atom is 0.270 e. The number of hydrogen-bond donors (Lipinski definition) is 2. The maximum atomic E-state index is 12.2. The first kappa shape index (κ1) is 17.2. The zero-order valence-electron chi connectivity index (χ0n) is 12.8. The first-order chi connectivity index (χ1) is 11.2. The molecule has 0 saturated carbocycles. The summed E-state index contributed by atoms with van der Waals surface area (Å²) in [7, 11) is -3.44. The van der Waals surface area contributed by atoms with Crippen molar-refractivity contribution in [3.05, 3.63) is 47.4 Å². The Morgan fingerprint density at radius 1 is 1.42 bits per heavy atom. The number of aliphatic hydroxyl groups is 1. The summed E-state index contributed by atoms with van der Waals surface area (Å²) < 4.78 is 27.8. The number of aryl methyl sites for hydroxylation is 1. The van der Waals surface area contributed by atoms with Crippen molar-refractivity contribution in [3.8, 4) is 6.07 Å². The quantitative estimate of drug-likeness (QED) is 0.489. The molecule has 1 aromatic carbocycles. The third-order valence-electron chi connectivity index (χ3n) is 3.10. The van der Waals surface area contributed by atoms with Gasteiger partial charge in [-0.05, 0) is 25.1 Å². The molecule has 9 heteroatoms. The lowest BCUT2D eigenvalue weighted by Crippen LogP contribution is -2.15. The Balaban J connectivity index is 2.35. The number of amides is 1. The number of nitrogens with zero attached hydrogens (tertiary/aromatic N) is 2. The van der Waals surface area contributed by atoms with Crippen molar-refractivity contribution in [2.75, 3.05) is 11.6 Å². The Morgan fingerprint density at radius 2 is 2.12 bits per heavy atom. The molecular weight excluding hydrogens is 334 g/mol. The van der Waals surface area contributed by atoms with Crippen LogP contribution in [-0.4, -0.2) is 30.8 Å². The van der Waals surface area contributed by atoms with E-state index in [4.69, 9.17) is 9.78 Å². The van der Waals surface area contributed by atoms with Gasteiger partial charge in [-0.3, -0.25) is 4.79 Å². The fraction of sp³-hybridized carbons (Fsp3) is 0.133. The Labute approximate surface area is 137 Å². The highest BCUT2D eigenvalue weighted by molar-refractivity contribution is 7.90. The average Bonchev–Trinajstić information content (AvgIpc) is 2.93. The molecule has 0 fully saturated rings. The molecule has 8 nitrogen and oxygen atoms in total. The molecule has 124 valence electrons. The average molecular weight is 347 g/mol. The number of carbonyl (C=O) groups excluding carboxylic acids is 1. The summed E-state index contributed by atoms with van der Waals surface area (Å²) in [6, 6.07) is 7.16. The van der Waals surface area contributed by atoms with Gasteiger partial charge in [-0.1, -0.05) is 11.2 Å². The molecule has 0 radical (unpaired) electrons. The van der Waals surface area contributed by atoms with Gasteiger partial charge in [-0.25, -0.2) is 8.42 Å². The second-order valence-electron chi connectivity index (χ2n) is 4.89. The summed E-state index contributed by atoms with van der Waals surface area (Å²) in [6.45, 7) is 1.51. The van der Waals surface area contributed by atoms with Gasteiger partial charge in [0.15, 0.2) is 21.2 Å². The molecule has 0 unspecified atom stereocenters. The normalized spacial score (nSPS) is 12.2. The molecule has 1 heterocycles. The van der Waals surface area contributed by atoms with E-state index in [1.165, 1.54) is 37.4 Å². The Kier molecular flexibility index (Phi) is 4.71. The molecule has 2 aromatic rings. The third kappa shape index (κ3) is 3.61. The van der Waals surface area contributed by atoms with E-state index in [-0.39, 0.29) is 21.9 Å². The number of carbonyl (C=O) groups is 1. The van der Waals surface area contributed by atoms with Gasteiger partial charge in [0.1, 0.15) is 11.8 Å². The SMILES string of the molecule is Cc1oncc1/C(O)=C(\C#N)C(=O)Nc1cccc(S(C)(=O)=O)c1. The van der Waals surface area contributed by atoms with Crippen LogP contribution in [0.3, 0.4) is 0 Å². The number of nitriles is 1. The number of benzene rings is 1. The van der Waals surface area contributed by atoms with Gasteiger partial charge in [0, 0.05) is 11.9 Å². The van der Waals surface area contributed by atoms with Crippen LogP contribution in [0.25, 0.3) is 5.76 Å². The molecule has 1 aromatic heterocycles. The molecule has 24 heavy (non-hydrogen) atoms. The summed E-state index contributed by atoms with van der Waals surface area (Å²) in [5, 5.41) is 25.1. The highest BCUT2D eigenvalue weighted by Gasteiger charge is 2.20. The van der Waals surface area contributed by atoms with Crippen LogP contribution in [0.4, 0.5) is 5.69 Å². The second kappa shape index (κ2) is 6.55. The van der Waals surface area contributed by atoms with Crippen molar-refractivity contribution in [2.24, 2.45) is 0 Å². The Bertz CT molecular complexity index is 967. The molecule has 2 N–H and O–H groups in total. The third-order valence-corrected chi connectivity index (χ3v) is 4.21. The molecule has 0 bridgehead atoms. The van der Waals surface area contributed by atoms with Crippen LogP contribution in [0.5, 0.6) is 0 Å². The fourth-order valence-electron chi connectivity index (χ4n) is 1.87. The second-order valence-corrected chi connectivity index (χ2v) is 6.90. The number of anilines is 1. The Morgan fingerprint density at radius 3 is 2.67 bits per heavy atom. The van der Waals surface area contributed by atoms with E-state index in [1.807, 2.05) is 0 Å². The van der Waals surface area contributed by atoms with Gasteiger partial charge in [0.25, 0.3) is 5.91 Å². The minimum absolute atomic E-state index is 0.0156. The molecular formula is C15H13N3O5S. The standard InChI is InChI=1S/C15H13N3O5S/c1-9-13(8-17-23-9)14(19)12(7-16)15(20)18-10-4-3-5-11(6-10)24(2,21)22/h3-6,8,19H,1-2H3,(H,18,20)/b14-12-. The van der Waals surface area contributed by atoms with Crippen LogP contribution >= 0.6 is 0 Å². The van der Waals surface area contributed by atoms with Gasteiger partial charge in [0.05, 0.1) is 16.7 Å². The molecule has 0 saturated heterocycles. The lowest BCUT2D eigenvalue weighted by atomic mass is 10.1. The zero-order chi connectivity index (χ0) is 17.9. The van der Waals surface area contributed by atoms with Crippen LogP contribution in [0, 0.1) is 18.3 Å². The van der Waals surface area contributed by atoms with Crippen LogP contribution < -0.4 is 5.32 Å². The van der Waals surface area contributed by atoms with E-state index >= 15 is 0 Å². The molecule has 0 aliphatic heterocycles. The van der Waals surface area contributed by atoms with Gasteiger partial charge in [-0.2, -0.15) is 5.26 Å².